The molecule has 1 nitrogen and oxygen atoms in total. The lowest BCUT2D eigenvalue weighted by Crippen LogP contribution is -2.15. The summed E-state index contributed by atoms with van der Waals surface area (Å²) in [6.45, 7) is 1.62. The van der Waals surface area contributed by atoms with Crippen molar-refractivity contribution in [1.82, 2.24) is 5.32 Å². The normalized spacial score (nSPS) is 10.8. The summed E-state index contributed by atoms with van der Waals surface area (Å²) in [5.74, 6) is 1.16. The van der Waals surface area contributed by atoms with Crippen molar-refractivity contribution in [3.8, 4) is 0 Å². The van der Waals surface area contributed by atoms with E-state index in [2.05, 4.69) is 11.6 Å². The summed E-state index contributed by atoms with van der Waals surface area (Å²) in [6.07, 6.45) is 3.24. The molecule has 0 atom stereocenters. The predicted octanol–water partition coefficient (Wildman–Crippen LogP) is 4.49. The minimum Gasteiger partial charge on any atom is -0.313 e. The third kappa shape index (κ3) is 4.34. The summed E-state index contributed by atoms with van der Waals surface area (Å²) < 4.78 is 0. The molecule has 0 saturated heterocycles. The second-order valence-electron chi connectivity index (χ2n) is 3.34. The van der Waals surface area contributed by atoms with Crippen LogP contribution in [0.4, 0.5) is 0 Å². The zero-order chi connectivity index (χ0) is 12.0. The minimum atomic E-state index is 0.548. The van der Waals surface area contributed by atoms with Crippen LogP contribution in [0.1, 0.15) is 12.0 Å². The molecule has 1 N–H and O–H groups in total. The molecule has 90 valence electrons. The fraction of sp³-hybridized carbons (Fsp3) is 0.455. The van der Waals surface area contributed by atoms with Crippen LogP contribution >= 0.6 is 46.6 Å². The van der Waals surface area contributed by atoms with Crippen LogP contribution in [-0.4, -0.2) is 18.6 Å². The van der Waals surface area contributed by atoms with Gasteiger partial charge in [-0.3, -0.25) is 0 Å². The van der Waals surface area contributed by atoms with Gasteiger partial charge in [0.25, 0.3) is 0 Å². The third-order valence-electron chi connectivity index (χ3n) is 2.14. The Morgan fingerprint density at radius 3 is 2.56 bits per heavy atom. The zero-order valence-electron chi connectivity index (χ0n) is 9.03. The minimum absolute atomic E-state index is 0.548. The highest BCUT2D eigenvalue weighted by atomic mass is 35.5. The lowest BCUT2D eigenvalue weighted by atomic mass is 10.2. The van der Waals surface area contributed by atoms with E-state index in [0.717, 1.165) is 24.3 Å². The summed E-state index contributed by atoms with van der Waals surface area (Å²) in [7, 11) is 0. The van der Waals surface area contributed by atoms with Crippen LogP contribution in [0.25, 0.3) is 0 Å². The molecule has 0 fully saturated rings. The van der Waals surface area contributed by atoms with Crippen LogP contribution in [0.3, 0.4) is 0 Å². The van der Waals surface area contributed by atoms with Crippen LogP contribution in [0.2, 0.25) is 15.1 Å². The van der Waals surface area contributed by atoms with E-state index in [1.807, 2.05) is 11.8 Å². The maximum Gasteiger partial charge on any atom is 0.0652 e. The Morgan fingerprint density at radius 1 is 1.19 bits per heavy atom. The highest BCUT2D eigenvalue weighted by molar-refractivity contribution is 7.98. The zero-order valence-corrected chi connectivity index (χ0v) is 12.1. The molecule has 0 unspecified atom stereocenters. The van der Waals surface area contributed by atoms with Gasteiger partial charge in [-0.05, 0) is 37.1 Å². The van der Waals surface area contributed by atoms with E-state index < -0.39 is 0 Å². The molecule has 0 amide bonds. The topological polar surface area (TPSA) is 12.0 Å². The van der Waals surface area contributed by atoms with E-state index in [1.165, 1.54) is 0 Å². The molecule has 1 rings (SSSR count). The van der Waals surface area contributed by atoms with E-state index in [4.69, 9.17) is 34.8 Å². The Kier molecular flexibility index (Phi) is 6.94. The van der Waals surface area contributed by atoms with Gasteiger partial charge in [0.15, 0.2) is 0 Å². The van der Waals surface area contributed by atoms with Crippen molar-refractivity contribution in [3.05, 3.63) is 32.8 Å². The van der Waals surface area contributed by atoms with Crippen molar-refractivity contribution in [1.29, 1.82) is 0 Å². The summed E-state index contributed by atoms with van der Waals surface area (Å²) in [5.41, 5.74) is 0.875. The first kappa shape index (κ1) is 14.5. The van der Waals surface area contributed by atoms with Crippen LogP contribution in [0.5, 0.6) is 0 Å². The van der Waals surface area contributed by atoms with E-state index in [-0.39, 0.29) is 0 Å². The SMILES string of the molecule is CSCCCNCc1c(Cl)ccc(Cl)c1Cl. The smallest absolute Gasteiger partial charge is 0.0652 e. The number of nitrogens with one attached hydrogen (secondary N) is 1. The first-order chi connectivity index (χ1) is 7.66. The molecule has 5 heteroatoms. The molecule has 0 saturated carbocycles. The molecular weight excluding hydrogens is 285 g/mol. The van der Waals surface area contributed by atoms with Crippen molar-refractivity contribution >= 4 is 46.6 Å². The average Bonchev–Trinajstić information content (AvgIpc) is 2.28. The van der Waals surface area contributed by atoms with Crippen molar-refractivity contribution < 1.29 is 0 Å². The van der Waals surface area contributed by atoms with Crippen LogP contribution in [-0.2, 0) is 6.54 Å². The highest BCUT2D eigenvalue weighted by Gasteiger charge is 2.08. The molecule has 0 radical (unpaired) electrons. The van der Waals surface area contributed by atoms with E-state index in [9.17, 15) is 0 Å². The number of thioether (sulfide) groups is 1. The van der Waals surface area contributed by atoms with E-state index >= 15 is 0 Å². The van der Waals surface area contributed by atoms with Gasteiger partial charge in [-0.1, -0.05) is 34.8 Å². The molecule has 1 aromatic carbocycles. The van der Waals surface area contributed by atoms with Gasteiger partial charge in [0.2, 0.25) is 0 Å². The van der Waals surface area contributed by atoms with Gasteiger partial charge in [-0.15, -0.1) is 0 Å². The Hall–Kier alpha value is 0.400. The van der Waals surface area contributed by atoms with Crippen LogP contribution in [0.15, 0.2) is 12.1 Å². The Morgan fingerprint density at radius 2 is 1.88 bits per heavy atom. The Labute approximate surface area is 116 Å². The van der Waals surface area contributed by atoms with Crippen molar-refractivity contribution in [2.75, 3.05) is 18.6 Å². The van der Waals surface area contributed by atoms with Gasteiger partial charge in [0, 0.05) is 17.1 Å². The molecule has 16 heavy (non-hydrogen) atoms. The quantitative estimate of drug-likeness (QED) is 0.613. The van der Waals surface area contributed by atoms with Gasteiger partial charge in [0.1, 0.15) is 0 Å². The first-order valence-electron chi connectivity index (χ1n) is 4.99. The summed E-state index contributed by atoms with van der Waals surface area (Å²) >= 11 is 19.9. The van der Waals surface area contributed by atoms with Crippen molar-refractivity contribution in [3.63, 3.8) is 0 Å². The first-order valence-corrected chi connectivity index (χ1v) is 7.51. The lowest BCUT2D eigenvalue weighted by molar-refractivity contribution is 0.679. The molecule has 0 aromatic heterocycles. The molecule has 0 bridgehead atoms. The largest absolute Gasteiger partial charge is 0.313 e. The van der Waals surface area contributed by atoms with Gasteiger partial charge >= 0.3 is 0 Å². The standard InChI is InChI=1S/C11H14Cl3NS/c1-16-6-2-5-15-7-8-9(12)3-4-10(13)11(8)14/h3-4,15H,2,5-7H2,1H3. The third-order valence-corrected chi connectivity index (χ3v) is 4.04. The van der Waals surface area contributed by atoms with E-state index in [0.29, 0.717) is 21.6 Å². The molecule has 0 heterocycles. The number of benzene rings is 1. The summed E-state index contributed by atoms with van der Waals surface area (Å²) in [5, 5.41) is 5.06. The number of hydrogen-bond donors (Lipinski definition) is 1. The van der Waals surface area contributed by atoms with Crippen LogP contribution in [0, 0.1) is 0 Å². The second kappa shape index (κ2) is 7.67. The Bertz CT molecular complexity index is 344. The molecule has 0 aliphatic carbocycles. The lowest BCUT2D eigenvalue weighted by Gasteiger charge is -2.09. The summed E-state index contributed by atoms with van der Waals surface area (Å²) in [4.78, 5) is 0. The number of rotatable bonds is 6. The maximum atomic E-state index is 6.08. The van der Waals surface area contributed by atoms with Crippen molar-refractivity contribution in [2.45, 2.75) is 13.0 Å². The summed E-state index contributed by atoms with van der Waals surface area (Å²) in [6, 6.07) is 3.48. The Balaban J connectivity index is 2.50. The average molecular weight is 299 g/mol. The molecular formula is C11H14Cl3NS. The maximum absolute atomic E-state index is 6.08. The highest BCUT2D eigenvalue weighted by Crippen LogP contribution is 2.31. The molecule has 0 spiro atoms. The van der Waals surface area contributed by atoms with Gasteiger partial charge < -0.3 is 5.32 Å². The predicted molar refractivity (Wildman–Crippen MR) is 76.2 cm³/mol. The fourth-order valence-electron chi connectivity index (χ4n) is 1.29. The number of hydrogen-bond acceptors (Lipinski definition) is 2. The molecule has 0 aliphatic heterocycles. The van der Waals surface area contributed by atoms with Crippen LogP contribution < -0.4 is 5.32 Å². The van der Waals surface area contributed by atoms with Crippen molar-refractivity contribution in [2.24, 2.45) is 0 Å². The molecule has 0 aliphatic rings. The fourth-order valence-corrected chi connectivity index (χ4v) is 2.40. The number of halogens is 3. The van der Waals surface area contributed by atoms with Gasteiger partial charge in [-0.25, -0.2) is 0 Å². The van der Waals surface area contributed by atoms with Gasteiger partial charge in [-0.2, -0.15) is 11.8 Å². The second-order valence-corrected chi connectivity index (χ2v) is 5.52. The van der Waals surface area contributed by atoms with E-state index in [1.54, 1.807) is 12.1 Å². The molecule has 1 aromatic rings. The monoisotopic (exact) mass is 297 g/mol. The van der Waals surface area contributed by atoms with Gasteiger partial charge in [0.05, 0.1) is 10.0 Å².